The second-order valence-corrected chi connectivity index (χ2v) is 5.78. The lowest BCUT2D eigenvalue weighted by molar-refractivity contribution is -0.137. The zero-order chi connectivity index (χ0) is 18.0. The van der Waals surface area contributed by atoms with E-state index < -0.39 is 17.3 Å². The normalized spacial score (nSPS) is 11.5. The van der Waals surface area contributed by atoms with Crippen molar-refractivity contribution < 1.29 is 13.2 Å². The number of nitrogens with one attached hydrogen (secondary N) is 1. The molecule has 0 saturated carbocycles. The van der Waals surface area contributed by atoms with Gasteiger partial charge in [0.15, 0.2) is 5.16 Å². The van der Waals surface area contributed by atoms with E-state index in [2.05, 4.69) is 20.2 Å². The first kappa shape index (κ1) is 17.2. The van der Waals surface area contributed by atoms with E-state index in [1.165, 1.54) is 36.2 Å². The fourth-order valence-electron chi connectivity index (χ4n) is 2.25. The number of alkyl halides is 3. The molecule has 0 unspecified atom stereocenters. The second-order valence-electron chi connectivity index (χ2n) is 5.00. The van der Waals surface area contributed by atoms with Gasteiger partial charge in [-0.2, -0.15) is 18.3 Å². The van der Waals surface area contributed by atoms with E-state index in [1.54, 1.807) is 12.3 Å². The molecule has 5 nitrogen and oxygen atoms in total. The van der Waals surface area contributed by atoms with Crippen molar-refractivity contribution >= 4 is 11.8 Å². The number of hydrogen-bond acceptors (Lipinski definition) is 5. The molecule has 1 aromatic carbocycles. The van der Waals surface area contributed by atoms with Crippen molar-refractivity contribution in [3.05, 3.63) is 58.5 Å². The first-order valence-electron chi connectivity index (χ1n) is 7.03. The Kier molecular flexibility index (Phi) is 4.58. The summed E-state index contributed by atoms with van der Waals surface area (Å²) in [6, 6.07) is 7.59. The van der Waals surface area contributed by atoms with Crippen molar-refractivity contribution in [1.29, 1.82) is 0 Å². The highest BCUT2D eigenvalue weighted by atomic mass is 32.2. The third-order valence-electron chi connectivity index (χ3n) is 3.36. The summed E-state index contributed by atoms with van der Waals surface area (Å²) in [6.07, 6.45) is -1.16. The Morgan fingerprint density at radius 1 is 1.16 bits per heavy atom. The second kappa shape index (κ2) is 6.67. The molecule has 0 aliphatic rings. The Balaban J connectivity index is 2.20. The van der Waals surface area contributed by atoms with Crippen LogP contribution in [0.25, 0.3) is 22.5 Å². The maximum absolute atomic E-state index is 13.0. The monoisotopic (exact) mass is 364 g/mol. The van der Waals surface area contributed by atoms with Crippen LogP contribution in [0.1, 0.15) is 5.56 Å². The van der Waals surface area contributed by atoms with Crippen molar-refractivity contribution in [2.24, 2.45) is 0 Å². The number of aromatic nitrogens is 4. The zero-order valence-electron chi connectivity index (χ0n) is 12.8. The molecule has 3 aromatic rings. The van der Waals surface area contributed by atoms with E-state index in [-0.39, 0.29) is 11.3 Å². The Labute approximate surface area is 144 Å². The molecule has 1 N–H and O–H groups in total. The van der Waals surface area contributed by atoms with Crippen LogP contribution >= 0.6 is 11.8 Å². The van der Waals surface area contributed by atoms with Crippen LogP contribution in [0.3, 0.4) is 0 Å². The van der Waals surface area contributed by atoms with Crippen molar-refractivity contribution in [3.8, 4) is 22.5 Å². The summed E-state index contributed by atoms with van der Waals surface area (Å²) in [4.78, 5) is 20.0. The number of nitrogens with zero attached hydrogens (tertiary/aromatic N) is 3. The minimum Gasteiger partial charge on any atom is -0.268 e. The van der Waals surface area contributed by atoms with Gasteiger partial charge >= 0.3 is 6.18 Å². The largest absolute Gasteiger partial charge is 0.416 e. The fourth-order valence-corrected chi connectivity index (χ4v) is 2.61. The molecule has 0 aliphatic carbocycles. The minimum absolute atomic E-state index is 0.205. The number of thioether (sulfide) groups is 1. The highest BCUT2D eigenvalue weighted by Gasteiger charge is 2.30. The Morgan fingerprint density at radius 2 is 1.96 bits per heavy atom. The lowest BCUT2D eigenvalue weighted by atomic mass is 10.0. The number of hydrogen-bond donors (Lipinski definition) is 1. The summed E-state index contributed by atoms with van der Waals surface area (Å²) in [6.45, 7) is 0. The Morgan fingerprint density at radius 3 is 2.68 bits per heavy atom. The first-order chi connectivity index (χ1) is 11.9. The van der Waals surface area contributed by atoms with E-state index >= 15 is 0 Å². The van der Waals surface area contributed by atoms with E-state index in [9.17, 15) is 18.0 Å². The van der Waals surface area contributed by atoms with Crippen molar-refractivity contribution in [3.63, 3.8) is 0 Å². The molecule has 0 fully saturated rings. The maximum atomic E-state index is 13.0. The van der Waals surface area contributed by atoms with Gasteiger partial charge in [-0.3, -0.25) is 4.79 Å². The van der Waals surface area contributed by atoms with Gasteiger partial charge in [0.05, 0.1) is 11.3 Å². The first-order valence-corrected chi connectivity index (χ1v) is 8.26. The van der Waals surface area contributed by atoms with Crippen molar-refractivity contribution in [2.45, 2.75) is 11.3 Å². The molecule has 0 spiro atoms. The Bertz CT molecular complexity index is 972. The average molecular weight is 364 g/mol. The molecule has 0 amide bonds. The third kappa shape index (κ3) is 3.71. The molecule has 9 heteroatoms. The van der Waals surface area contributed by atoms with Gasteiger partial charge in [-0.1, -0.05) is 23.9 Å². The number of benzene rings is 1. The summed E-state index contributed by atoms with van der Waals surface area (Å²) < 4.78 is 38.9. The van der Waals surface area contributed by atoms with Crippen LogP contribution in [0.4, 0.5) is 13.2 Å². The van der Waals surface area contributed by atoms with Gasteiger partial charge in [-0.05, 0) is 24.5 Å². The van der Waals surface area contributed by atoms with Gasteiger partial charge in [0.25, 0.3) is 5.56 Å². The van der Waals surface area contributed by atoms with Gasteiger partial charge in [-0.15, -0.1) is 0 Å². The lowest BCUT2D eigenvalue weighted by Crippen LogP contribution is -2.10. The predicted molar refractivity (Wildman–Crippen MR) is 88.1 cm³/mol. The average Bonchev–Trinajstić information content (AvgIpc) is 2.61. The topological polar surface area (TPSA) is 71.5 Å². The van der Waals surface area contributed by atoms with Gasteiger partial charge in [-0.25, -0.2) is 15.1 Å². The molecule has 0 aliphatic heterocycles. The summed E-state index contributed by atoms with van der Waals surface area (Å²) >= 11 is 1.31. The van der Waals surface area contributed by atoms with Crippen LogP contribution < -0.4 is 5.56 Å². The number of rotatable bonds is 3. The van der Waals surface area contributed by atoms with Crippen LogP contribution in [0.2, 0.25) is 0 Å². The molecule has 2 aromatic heterocycles. The molecule has 0 saturated heterocycles. The standard InChI is InChI=1S/C16H11F3N4OS/c1-25-15-20-6-5-12(21-15)11-8-13(24)22-23-14(11)9-3-2-4-10(7-9)16(17,18)19/h2-8H,1H3,(H,22,24). The van der Waals surface area contributed by atoms with Crippen LogP contribution in [0, 0.1) is 0 Å². The Hall–Kier alpha value is -2.68. The smallest absolute Gasteiger partial charge is 0.268 e. The number of halogens is 3. The van der Waals surface area contributed by atoms with Crippen LogP contribution in [0.5, 0.6) is 0 Å². The molecule has 0 radical (unpaired) electrons. The van der Waals surface area contributed by atoms with Gasteiger partial charge < -0.3 is 0 Å². The van der Waals surface area contributed by atoms with Crippen LogP contribution in [-0.4, -0.2) is 26.4 Å². The molecule has 128 valence electrons. The lowest BCUT2D eigenvalue weighted by Gasteiger charge is -2.11. The third-order valence-corrected chi connectivity index (χ3v) is 3.93. The highest BCUT2D eigenvalue weighted by Crippen LogP contribution is 2.34. The highest BCUT2D eigenvalue weighted by molar-refractivity contribution is 7.98. The quantitative estimate of drug-likeness (QED) is 0.568. The fraction of sp³-hybridized carbons (Fsp3) is 0.125. The number of H-pyrrole nitrogens is 1. The van der Waals surface area contributed by atoms with Gasteiger partial charge in [0.1, 0.15) is 5.69 Å². The summed E-state index contributed by atoms with van der Waals surface area (Å²) in [5.41, 5.74) is -0.0977. The van der Waals surface area contributed by atoms with Gasteiger partial charge in [0.2, 0.25) is 0 Å². The van der Waals surface area contributed by atoms with Crippen molar-refractivity contribution in [2.75, 3.05) is 6.26 Å². The van der Waals surface area contributed by atoms with Crippen LogP contribution in [0.15, 0.2) is 52.5 Å². The zero-order valence-corrected chi connectivity index (χ0v) is 13.6. The predicted octanol–water partition coefficient (Wildman–Crippen LogP) is 3.63. The number of aromatic amines is 1. The SMILES string of the molecule is CSc1nccc(-c2cc(=O)[nH]nc2-c2cccc(C(F)(F)F)c2)n1. The molecular weight excluding hydrogens is 353 g/mol. The minimum atomic E-state index is -4.47. The molecule has 25 heavy (non-hydrogen) atoms. The van der Waals surface area contributed by atoms with E-state index in [4.69, 9.17) is 0 Å². The van der Waals surface area contributed by atoms with Gasteiger partial charge in [0, 0.05) is 23.4 Å². The molecule has 2 heterocycles. The van der Waals surface area contributed by atoms with E-state index in [0.717, 1.165) is 12.1 Å². The molecule has 0 bridgehead atoms. The summed E-state index contributed by atoms with van der Waals surface area (Å²) in [5, 5.41) is 6.67. The van der Waals surface area contributed by atoms with Crippen molar-refractivity contribution in [1.82, 2.24) is 20.2 Å². The summed E-state index contributed by atoms with van der Waals surface area (Å²) in [7, 11) is 0. The van der Waals surface area contributed by atoms with E-state index in [1.807, 2.05) is 0 Å². The molecule has 3 rings (SSSR count). The summed E-state index contributed by atoms with van der Waals surface area (Å²) in [5.74, 6) is 0. The molecule has 0 atom stereocenters. The maximum Gasteiger partial charge on any atom is 0.416 e. The van der Waals surface area contributed by atoms with E-state index in [0.29, 0.717) is 16.4 Å². The molecular formula is C16H11F3N4OS. The van der Waals surface area contributed by atoms with Crippen LogP contribution in [-0.2, 0) is 6.18 Å².